The van der Waals surface area contributed by atoms with Gasteiger partial charge in [-0.1, -0.05) is 25.0 Å². The van der Waals surface area contributed by atoms with Crippen molar-refractivity contribution in [3.8, 4) is 0 Å². The second-order valence-electron chi connectivity index (χ2n) is 7.77. The van der Waals surface area contributed by atoms with Crippen LogP contribution in [0.2, 0.25) is 0 Å². The lowest BCUT2D eigenvalue weighted by atomic mass is 9.96. The number of carbonyl (C=O) groups excluding carboxylic acids is 1. The summed E-state index contributed by atoms with van der Waals surface area (Å²) in [6.07, 6.45) is 6.95. The molecule has 26 heavy (non-hydrogen) atoms. The predicted octanol–water partition coefficient (Wildman–Crippen LogP) is 3.80. The molecule has 4 rings (SSSR count). The zero-order valence-corrected chi connectivity index (χ0v) is 15.7. The van der Waals surface area contributed by atoms with Crippen LogP contribution in [0.25, 0.3) is 11.1 Å². The Hall–Kier alpha value is -1.88. The highest BCUT2D eigenvalue weighted by atomic mass is 16.3. The number of rotatable bonds is 3. The second kappa shape index (κ2) is 7.78. The number of hydrogen-bond acceptors (Lipinski definition) is 4. The fraction of sp³-hybridized carbons (Fsp3) is 0.619. The molecule has 3 heterocycles. The molecule has 5 nitrogen and oxygen atoms in total. The molecule has 0 bridgehead atoms. The summed E-state index contributed by atoms with van der Waals surface area (Å²) in [6.45, 7) is 5.75. The average Bonchev–Trinajstić information content (AvgIpc) is 2.93. The van der Waals surface area contributed by atoms with E-state index in [4.69, 9.17) is 4.42 Å². The van der Waals surface area contributed by atoms with Gasteiger partial charge in [-0.05, 0) is 51.3 Å². The number of fused-ring (bicyclic) bond motifs is 1. The highest BCUT2D eigenvalue weighted by Crippen LogP contribution is 2.30. The first-order valence-electron chi connectivity index (χ1n) is 10.1. The molecule has 1 aromatic heterocycles. The van der Waals surface area contributed by atoms with Gasteiger partial charge in [-0.15, -0.1) is 0 Å². The largest absolute Gasteiger partial charge is 0.440 e. The Morgan fingerprint density at radius 1 is 1.12 bits per heavy atom. The van der Waals surface area contributed by atoms with Crippen molar-refractivity contribution in [2.45, 2.75) is 57.4 Å². The Morgan fingerprint density at radius 3 is 2.65 bits per heavy atom. The third kappa shape index (κ3) is 3.63. The number of para-hydroxylation sites is 2. The Balaban J connectivity index is 1.44. The minimum atomic E-state index is -0.0553. The van der Waals surface area contributed by atoms with E-state index in [1.54, 1.807) is 0 Å². The monoisotopic (exact) mass is 355 g/mol. The molecule has 1 amide bonds. The van der Waals surface area contributed by atoms with Gasteiger partial charge in [0.25, 0.3) is 0 Å². The van der Waals surface area contributed by atoms with E-state index in [2.05, 4.69) is 21.7 Å². The summed E-state index contributed by atoms with van der Waals surface area (Å²) in [5.41, 5.74) is 1.78. The molecule has 0 radical (unpaired) electrons. The van der Waals surface area contributed by atoms with Crippen molar-refractivity contribution in [3.05, 3.63) is 30.2 Å². The summed E-state index contributed by atoms with van der Waals surface area (Å²) in [5.74, 6) is 1.39. The summed E-state index contributed by atoms with van der Waals surface area (Å²) < 4.78 is 6.00. The summed E-state index contributed by atoms with van der Waals surface area (Å²) in [6, 6.07) is 7.88. The first kappa shape index (κ1) is 17.5. The number of likely N-dealkylation sites (tertiary alicyclic amines) is 2. The molecule has 5 heteroatoms. The Kier molecular flexibility index (Phi) is 5.25. The molecule has 0 N–H and O–H groups in total. The van der Waals surface area contributed by atoms with Crippen LogP contribution in [0, 0.1) is 0 Å². The van der Waals surface area contributed by atoms with Crippen molar-refractivity contribution in [2.75, 3.05) is 26.2 Å². The van der Waals surface area contributed by atoms with Crippen LogP contribution >= 0.6 is 0 Å². The summed E-state index contributed by atoms with van der Waals surface area (Å²) in [7, 11) is 0. The van der Waals surface area contributed by atoms with Crippen LogP contribution < -0.4 is 0 Å². The third-order valence-electron chi connectivity index (χ3n) is 5.94. The van der Waals surface area contributed by atoms with Crippen molar-refractivity contribution < 1.29 is 9.21 Å². The standard InChI is InChI=1S/C21H29N3O2/c1-16(21(25)23-12-6-2-3-7-13-23)24-14-8-9-17(15-24)20-22-18-10-4-5-11-19(18)26-20/h4-5,10-11,16-17H,2-3,6-9,12-15H2,1H3. The fourth-order valence-corrected chi connectivity index (χ4v) is 4.34. The number of amides is 1. The van der Waals surface area contributed by atoms with Crippen LogP contribution in [0.4, 0.5) is 0 Å². The van der Waals surface area contributed by atoms with E-state index in [1.807, 2.05) is 24.3 Å². The van der Waals surface area contributed by atoms with E-state index in [0.717, 1.165) is 68.9 Å². The van der Waals surface area contributed by atoms with Gasteiger partial charge in [0.1, 0.15) is 5.52 Å². The zero-order chi connectivity index (χ0) is 17.9. The van der Waals surface area contributed by atoms with Gasteiger partial charge in [0.2, 0.25) is 5.91 Å². The molecule has 2 saturated heterocycles. The van der Waals surface area contributed by atoms with Crippen LogP contribution in [0.15, 0.2) is 28.7 Å². The molecule has 1 aromatic carbocycles. The number of oxazole rings is 1. The number of aromatic nitrogens is 1. The SMILES string of the molecule is CC(C(=O)N1CCCCCC1)N1CCCC(c2nc3ccccc3o2)C1. The maximum atomic E-state index is 13.0. The topological polar surface area (TPSA) is 49.6 Å². The summed E-state index contributed by atoms with van der Waals surface area (Å²) in [5, 5.41) is 0. The molecule has 0 spiro atoms. The molecule has 2 atom stereocenters. The number of hydrogen-bond donors (Lipinski definition) is 0. The Morgan fingerprint density at radius 2 is 1.88 bits per heavy atom. The summed E-state index contributed by atoms with van der Waals surface area (Å²) in [4.78, 5) is 22.1. The number of carbonyl (C=O) groups is 1. The first-order chi connectivity index (χ1) is 12.7. The maximum absolute atomic E-state index is 13.0. The number of benzene rings is 1. The molecule has 0 aliphatic carbocycles. The Bertz CT molecular complexity index is 716. The van der Waals surface area contributed by atoms with Crippen LogP contribution in [-0.2, 0) is 4.79 Å². The average molecular weight is 355 g/mol. The molecule has 2 aliphatic heterocycles. The quantitative estimate of drug-likeness (QED) is 0.840. The van der Waals surface area contributed by atoms with E-state index in [-0.39, 0.29) is 12.0 Å². The van der Waals surface area contributed by atoms with Crippen molar-refractivity contribution >= 4 is 17.0 Å². The van der Waals surface area contributed by atoms with Gasteiger partial charge >= 0.3 is 0 Å². The molecular formula is C21H29N3O2. The number of piperidine rings is 1. The molecule has 2 unspecified atom stereocenters. The van der Waals surface area contributed by atoms with Crippen LogP contribution in [-0.4, -0.2) is 52.9 Å². The van der Waals surface area contributed by atoms with Crippen molar-refractivity contribution in [3.63, 3.8) is 0 Å². The molecule has 2 fully saturated rings. The lowest BCUT2D eigenvalue weighted by molar-refractivity contribution is -0.136. The van der Waals surface area contributed by atoms with Crippen LogP contribution in [0.1, 0.15) is 57.3 Å². The minimum Gasteiger partial charge on any atom is -0.440 e. The molecule has 0 saturated carbocycles. The lowest BCUT2D eigenvalue weighted by Gasteiger charge is -2.37. The molecular weight excluding hydrogens is 326 g/mol. The van der Waals surface area contributed by atoms with E-state index >= 15 is 0 Å². The highest BCUT2D eigenvalue weighted by Gasteiger charge is 2.32. The van der Waals surface area contributed by atoms with Gasteiger partial charge in [-0.3, -0.25) is 9.69 Å². The van der Waals surface area contributed by atoms with Crippen molar-refractivity contribution in [2.24, 2.45) is 0 Å². The number of nitrogens with zero attached hydrogens (tertiary/aromatic N) is 3. The fourth-order valence-electron chi connectivity index (χ4n) is 4.34. The molecule has 2 aliphatic rings. The van der Waals surface area contributed by atoms with Crippen LogP contribution in [0.5, 0.6) is 0 Å². The van der Waals surface area contributed by atoms with Crippen LogP contribution in [0.3, 0.4) is 0 Å². The molecule has 2 aromatic rings. The third-order valence-corrected chi connectivity index (χ3v) is 5.94. The zero-order valence-electron chi connectivity index (χ0n) is 15.7. The summed E-state index contributed by atoms with van der Waals surface area (Å²) >= 11 is 0. The Labute approximate surface area is 155 Å². The van der Waals surface area contributed by atoms with Gasteiger partial charge in [-0.25, -0.2) is 4.98 Å². The predicted molar refractivity (Wildman–Crippen MR) is 102 cm³/mol. The first-order valence-corrected chi connectivity index (χ1v) is 10.1. The van der Waals surface area contributed by atoms with Gasteiger partial charge in [-0.2, -0.15) is 0 Å². The van der Waals surface area contributed by atoms with Crippen molar-refractivity contribution in [1.82, 2.24) is 14.8 Å². The van der Waals surface area contributed by atoms with Gasteiger partial charge < -0.3 is 9.32 Å². The van der Waals surface area contributed by atoms with E-state index in [9.17, 15) is 4.79 Å². The molecule has 140 valence electrons. The van der Waals surface area contributed by atoms with E-state index < -0.39 is 0 Å². The minimum absolute atomic E-state index is 0.0553. The second-order valence-corrected chi connectivity index (χ2v) is 7.77. The maximum Gasteiger partial charge on any atom is 0.239 e. The van der Waals surface area contributed by atoms with Gasteiger partial charge in [0, 0.05) is 25.6 Å². The van der Waals surface area contributed by atoms with Gasteiger partial charge in [0.15, 0.2) is 11.5 Å². The smallest absolute Gasteiger partial charge is 0.239 e. The normalized spacial score (nSPS) is 23.7. The lowest BCUT2D eigenvalue weighted by Crippen LogP contribution is -2.50. The highest BCUT2D eigenvalue weighted by molar-refractivity contribution is 5.81. The van der Waals surface area contributed by atoms with E-state index in [1.165, 1.54) is 12.8 Å². The van der Waals surface area contributed by atoms with Gasteiger partial charge in [0.05, 0.1) is 6.04 Å². The van der Waals surface area contributed by atoms with E-state index in [0.29, 0.717) is 5.91 Å². The van der Waals surface area contributed by atoms with Crippen molar-refractivity contribution in [1.29, 1.82) is 0 Å².